The van der Waals surface area contributed by atoms with Crippen molar-refractivity contribution in [2.45, 2.75) is 19.9 Å². The Bertz CT molecular complexity index is 675. The Labute approximate surface area is 134 Å². The fourth-order valence-electron chi connectivity index (χ4n) is 1.76. The Morgan fingerprint density at radius 3 is 2.87 bits per heavy atom. The number of amidine groups is 1. The second-order valence-corrected chi connectivity index (χ2v) is 4.76. The molecule has 0 aliphatic rings. The molecule has 1 aromatic heterocycles. The van der Waals surface area contributed by atoms with Crippen molar-refractivity contribution in [1.82, 2.24) is 10.3 Å². The Kier molecular flexibility index (Phi) is 6.23. The van der Waals surface area contributed by atoms with E-state index in [9.17, 15) is 9.18 Å². The quantitative estimate of drug-likeness (QED) is 0.681. The van der Waals surface area contributed by atoms with Gasteiger partial charge in [0.2, 0.25) is 0 Å². The number of amides is 1. The summed E-state index contributed by atoms with van der Waals surface area (Å²) in [6.45, 7) is 2.65. The minimum absolute atomic E-state index is 0.103. The van der Waals surface area contributed by atoms with E-state index < -0.39 is 11.7 Å². The van der Waals surface area contributed by atoms with E-state index in [0.29, 0.717) is 6.61 Å². The molecule has 0 aliphatic heterocycles. The fraction of sp³-hybridized carbons (Fsp3) is 0.235. The average molecular weight is 315 g/mol. The van der Waals surface area contributed by atoms with Crippen molar-refractivity contribution in [1.29, 1.82) is 0 Å². The number of ether oxygens (including phenoxy) is 1. The van der Waals surface area contributed by atoms with E-state index in [1.54, 1.807) is 6.20 Å². The minimum Gasteiger partial charge on any atom is -0.465 e. The van der Waals surface area contributed by atoms with Gasteiger partial charge in [-0.15, -0.1) is 0 Å². The largest absolute Gasteiger partial charge is 0.465 e. The third-order valence-corrected chi connectivity index (χ3v) is 2.86. The van der Waals surface area contributed by atoms with Crippen LogP contribution < -0.4 is 5.32 Å². The molecule has 1 amide bonds. The van der Waals surface area contributed by atoms with Crippen molar-refractivity contribution < 1.29 is 13.9 Å². The van der Waals surface area contributed by atoms with Crippen molar-refractivity contribution in [3.8, 4) is 0 Å². The Hall–Kier alpha value is -2.76. The number of carbonyl (C=O) groups is 1. The molecule has 6 heteroatoms. The summed E-state index contributed by atoms with van der Waals surface area (Å²) in [5.74, 6) is -0.945. The zero-order valence-corrected chi connectivity index (χ0v) is 12.8. The van der Waals surface area contributed by atoms with Gasteiger partial charge in [0.25, 0.3) is 11.9 Å². The van der Waals surface area contributed by atoms with Crippen molar-refractivity contribution in [2.75, 3.05) is 6.61 Å². The number of pyridine rings is 1. The number of aliphatic imine (C=N–C) groups is 1. The highest BCUT2D eigenvalue weighted by atomic mass is 19.1. The summed E-state index contributed by atoms with van der Waals surface area (Å²) in [5, 5.41) is 2.56. The van der Waals surface area contributed by atoms with Gasteiger partial charge in [0.05, 0.1) is 18.8 Å². The first-order chi connectivity index (χ1) is 11.2. The van der Waals surface area contributed by atoms with Crippen LogP contribution in [0.15, 0.2) is 53.7 Å². The zero-order chi connectivity index (χ0) is 16.5. The van der Waals surface area contributed by atoms with Gasteiger partial charge in [0.1, 0.15) is 5.82 Å². The van der Waals surface area contributed by atoms with Gasteiger partial charge in [-0.3, -0.25) is 15.1 Å². The molecule has 0 bridgehead atoms. The molecule has 120 valence electrons. The lowest BCUT2D eigenvalue weighted by Crippen LogP contribution is -2.33. The smallest absolute Gasteiger partial charge is 0.292 e. The Morgan fingerprint density at radius 2 is 2.17 bits per heavy atom. The molecule has 0 atom stereocenters. The van der Waals surface area contributed by atoms with Crippen LogP contribution in [0.1, 0.15) is 29.4 Å². The van der Waals surface area contributed by atoms with Crippen LogP contribution >= 0.6 is 0 Å². The summed E-state index contributed by atoms with van der Waals surface area (Å²) in [5.41, 5.74) is 0.959. The number of nitrogens with one attached hydrogen (secondary N) is 1. The lowest BCUT2D eigenvalue weighted by molar-refractivity contribution is 0.0965. The van der Waals surface area contributed by atoms with Crippen LogP contribution in [0.4, 0.5) is 4.39 Å². The van der Waals surface area contributed by atoms with Gasteiger partial charge in [-0.2, -0.15) is 0 Å². The molecule has 2 rings (SSSR count). The molecule has 1 N–H and O–H groups in total. The van der Waals surface area contributed by atoms with Gasteiger partial charge >= 0.3 is 0 Å². The number of aromatic nitrogens is 1. The number of rotatable bonds is 5. The van der Waals surface area contributed by atoms with Crippen LogP contribution in [0.2, 0.25) is 0 Å². The number of carbonyl (C=O) groups excluding carboxylic acids is 1. The van der Waals surface area contributed by atoms with E-state index in [2.05, 4.69) is 15.3 Å². The van der Waals surface area contributed by atoms with Crippen LogP contribution in [0, 0.1) is 5.82 Å². The maximum Gasteiger partial charge on any atom is 0.292 e. The molecular weight excluding hydrogens is 297 g/mol. The van der Waals surface area contributed by atoms with Crippen molar-refractivity contribution in [3.05, 3.63) is 65.7 Å². The van der Waals surface area contributed by atoms with Crippen molar-refractivity contribution in [2.24, 2.45) is 4.99 Å². The lowest BCUT2D eigenvalue weighted by atomic mass is 10.2. The van der Waals surface area contributed by atoms with E-state index in [1.807, 2.05) is 25.1 Å². The first-order valence-electron chi connectivity index (χ1n) is 7.33. The van der Waals surface area contributed by atoms with Gasteiger partial charge in [0, 0.05) is 11.8 Å². The highest BCUT2D eigenvalue weighted by Gasteiger charge is 2.10. The van der Waals surface area contributed by atoms with Gasteiger partial charge in [-0.1, -0.05) is 19.1 Å². The predicted octanol–water partition coefficient (Wildman–Crippen LogP) is 2.93. The van der Waals surface area contributed by atoms with Crippen LogP contribution in [-0.2, 0) is 11.3 Å². The minimum atomic E-state index is -0.473. The van der Waals surface area contributed by atoms with E-state index in [0.717, 1.165) is 18.2 Å². The summed E-state index contributed by atoms with van der Waals surface area (Å²) in [6, 6.07) is 11.0. The molecule has 0 saturated carbocycles. The standard InChI is InChI=1S/C17H18FN3O2/c1-2-10-23-17(20-12-15-8-3-4-9-19-15)21-16(22)13-6-5-7-14(18)11-13/h3-9,11H,2,10,12H2,1H3,(H,20,21,22). The molecular formula is C17H18FN3O2. The molecule has 0 spiro atoms. The molecule has 23 heavy (non-hydrogen) atoms. The van der Waals surface area contributed by atoms with Gasteiger partial charge < -0.3 is 4.74 Å². The first kappa shape index (κ1) is 16.6. The summed E-state index contributed by atoms with van der Waals surface area (Å²) in [7, 11) is 0. The molecule has 0 aliphatic carbocycles. The summed E-state index contributed by atoms with van der Waals surface area (Å²) in [6.07, 6.45) is 2.45. The van der Waals surface area contributed by atoms with Gasteiger partial charge in [0.15, 0.2) is 0 Å². The van der Waals surface area contributed by atoms with Crippen molar-refractivity contribution in [3.63, 3.8) is 0 Å². The molecule has 0 fully saturated rings. The summed E-state index contributed by atoms with van der Waals surface area (Å²) < 4.78 is 18.6. The SMILES string of the molecule is CCCOC(=NCc1ccccn1)NC(=O)c1cccc(F)c1. The van der Waals surface area contributed by atoms with E-state index in [-0.39, 0.29) is 18.1 Å². The molecule has 0 saturated heterocycles. The maximum absolute atomic E-state index is 13.2. The summed E-state index contributed by atoms with van der Waals surface area (Å²) >= 11 is 0. The number of hydrogen-bond donors (Lipinski definition) is 1. The molecule has 2 aromatic rings. The molecule has 5 nitrogen and oxygen atoms in total. The first-order valence-corrected chi connectivity index (χ1v) is 7.33. The number of benzene rings is 1. The zero-order valence-electron chi connectivity index (χ0n) is 12.8. The van der Waals surface area contributed by atoms with Crippen LogP contribution in [0.5, 0.6) is 0 Å². The predicted molar refractivity (Wildman–Crippen MR) is 85.5 cm³/mol. The topological polar surface area (TPSA) is 63.6 Å². The van der Waals surface area contributed by atoms with Crippen molar-refractivity contribution >= 4 is 11.9 Å². The van der Waals surface area contributed by atoms with Gasteiger partial charge in [-0.05, 0) is 36.8 Å². The van der Waals surface area contributed by atoms with E-state index in [4.69, 9.17) is 4.74 Å². The van der Waals surface area contributed by atoms with Crippen LogP contribution in [-0.4, -0.2) is 23.5 Å². The van der Waals surface area contributed by atoms with E-state index >= 15 is 0 Å². The monoisotopic (exact) mass is 315 g/mol. The summed E-state index contributed by atoms with van der Waals surface area (Å²) in [4.78, 5) is 20.5. The fourth-order valence-corrected chi connectivity index (χ4v) is 1.76. The third-order valence-electron chi connectivity index (χ3n) is 2.86. The van der Waals surface area contributed by atoms with Crippen LogP contribution in [0.25, 0.3) is 0 Å². The lowest BCUT2D eigenvalue weighted by Gasteiger charge is -2.10. The van der Waals surface area contributed by atoms with Gasteiger partial charge in [-0.25, -0.2) is 9.38 Å². The molecule has 1 aromatic carbocycles. The normalized spacial score (nSPS) is 11.1. The Morgan fingerprint density at radius 1 is 1.30 bits per heavy atom. The molecule has 1 heterocycles. The van der Waals surface area contributed by atoms with E-state index in [1.165, 1.54) is 18.2 Å². The third kappa shape index (κ3) is 5.50. The Balaban J connectivity index is 2.07. The highest BCUT2D eigenvalue weighted by Crippen LogP contribution is 2.04. The number of nitrogens with zero attached hydrogens (tertiary/aromatic N) is 2. The average Bonchev–Trinajstić information content (AvgIpc) is 2.58. The second-order valence-electron chi connectivity index (χ2n) is 4.76. The number of halogens is 1. The van der Waals surface area contributed by atoms with Crippen LogP contribution in [0.3, 0.4) is 0 Å². The molecule has 0 radical (unpaired) electrons. The maximum atomic E-state index is 13.2. The highest BCUT2D eigenvalue weighted by molar-refractivity contribution is 6.04. The second kappa shape index (κ2) is 8.63. The number of hydrogen-bond acceptors (Lipinski definition) is 4. The molecule has 0 unspecified atom stereocenters.